The minimum atomic E-state index is -0.914. The molecule has 33 heavy (non-hydrogen) atoms. The van der Waals surface area contributed by atoms with Crippen molar-refractivity contribution in [2.45, 2.75) is 44.5 Å². The van der Waals surface area contributed by atoms with Gasteiger partial charge >= 0.3 is 0 Å². The van der Waals surface area contributed by atoms with Gasteiger partial charge in [0.15, 0.2) is 0 Å². The third-order valence-electron chi connectivity index (χ3n) is 6.42. The molecule has 0 aromatic heterocycles. The van der Waals surface area contributed by atoms with Crippen molar-refractivity contribution in [2.75, 3.05) is 13.1 Å². The maximum Gasteiger partial charge on any atom is 0.123 e. The normalized spacial score (nSPS) is 21.4. The van der Waals surface area contributed by atoms with Gasteiger partial charge in [0.25, 0.3) is 0 Å². The SMILES string of the molecule is CCC(Oc1ccc(OCc2ccccc2)cc1)C1CNCCC1(O)Cc1ccc(F)cc1. The zero-order valence-electron chi connectivity index (χ0n) is 19.0. The molecule has 1 aliphatic rings. The third-order valence-corrected chi connectivity index (χ3v) is 6.42. The molecular weight excluding hydrogens is 417 g/mol. The minimum Gasteiger partial charge on any atom is -0.490 e. The summed E-state index contributed by atoms with van der Waals surface area (Å²) in [6.07, 6.45) is 1.72. The molecule has 2 N–H and O–H groups in total. The van der Waals surface area contributed by atoms with Gasteiger partial charge in [-0.3, -0.25) is 0 Å². The maximum absolute atomic E-state index is 13.3. The number of hydrogen-bond acceptors (Lipinski definition) is 4. The smallest absolute Gasteiger partial charge is 0.123 e. The van der Waals surface area contributed by atoms with Crippen molar-refractivity contribution < 1.29 is 19.0 Å². The lowest BCUT2D eigenvalue weighted by atomic mass is 9.74. The molecule has 0 spiro atoms. The van der Waals surface area contributed by atoms with Gasteiger partial charge in [0.2, 0.25) is 0 Å². The summed E-state index contributed by atoms with van der Waals surface area (Å²) < 4.78 is 25.6. The van der Waals surface area contributed by atoms with Crippen LogP contribution in [-0.4, -0.2) is 29.9 Å². The van der Waals surface area contributed by atoms with Crippen LogP contribution in [-0.2, 0) is 13.0 Å². The maximum atomic E-state index is 13.3. The predicted molar refractivity (Wildman–Crippen MR) is 128 cm³/mol. The number of benzene rings is 3. The number of aliphatic hydroxyl groups is 1. The predicted octanol–water partition coefficient (Wildman–Crippen LogP) is 5.15. The van der Waals surface area contributed by atoms with Crippen molar-refractivity contribution in [1.29, 1.82) is 0 Å². The Morgan fingerprint density at radius 2 is 1.67 bits per heavy atom. The Bertz CT molecular complexity index is 994. The molecule has 1 aliphatic heterocycles. The fraction of sp³-hybridized carbons (Fsp3) is 0.357. The lowest BCUT2D eigenvalue weighted by molar-refractivity contribution is -0.0821. The average molecular weight is 450 g/mol. The van der Waals surface area contributed by atoms with Crippen LogP contribution in [0.2, 0.25) is 0 Å². The Kier molecular flexibility index (Phi) is 7.63. The number of rotatable bonds is 9. The van der Waals surface area contributed by atoms with E-state index in [9.17, 15) is 9.50 Å². The summed E-state index contributed by atoms with van der Waals surface area (Å²) in [6.45, 7) is 4.02. The Labute approximate surface area is 195 Å². The van der Waals surface area contributed by atoms with Crippen molar-refractivity contribution in [1.82, 2.24) is 5.32 Å². The first-order valence-electron chi connectivity index (χ1n) is 11.7. The number of nitrogens with one attached hydrogen (secondary N) is 1. The van der Waals surface area contributed by atoms with E-state index in [1.165, 1.54) is 12.1 Å². The first-order valence-corrected chi connectivity index (χ1v) is 11.7. The van der Waals surface area contributed by atoms with Gasteiger partial charge < -0.3 is 19.9 Å². The average Bonchev–Trinajstić information content (AvgIpc) is 2.84. The second-order valence-electron chi connectivity index (χ2n) is 8.78. The molecule has 1 saturated heterocycles. The molecule has 3 atom stereocenters. The van der Waals surface area contributed by atoms with Gasteiger partial charge in [0.05, 0.1) is 5.60 Å². The van der Waals surface area contributed by atoms with Crippen LogP contribution in [0.4, 0.5) is 4.39 Å². The van der Waals surface area contributed by atoms with Crippen LogP contribution >= 0.6 is 0 Å². The quantitative estimate of drug-likeness (QED) is 0.475. The molecule has 0 aliphatic carbocycles. The lowest BCUT2D eigenvalue weighted by Gasteiger charge is -2.44. The van der Waals surface area contributed by atoms with Gasteiger partial charge in [0.1, 0.15) is 30.0 Å². The monoisotopic (exact) mass is 449 g/mol. The van der Waals surface area contributed by atoms with E-state index in [1.807, 2.05) is 54.6 Å². The molecule has 1 fully saturated rings. The van der Waals surface area contributed by atoms with Crippen molar-refractivity contribution in [3.05, 3.63) is 95.8 Å². The van der Waals surface area contributed by atoms with Crippen LogP contribution in [0.5, 0.6) is 11.5 Å². The van der Waals surface area contributed by atoms with E-state index in [0.717, 1.165) is 35.6 Å². The summed E-state index contributed by atoms with van der Waals surface area (Å²) in [6, 6.07) is 24.1. The molecule has 0 bridgehead atoms. The van der Waals surface area contributed by atoms with Crippen molar-refractivity contribution >= 4 is 0 Å². The van der Waals surface area contributed by atoms with E-state index in [1.54, 1.807) is 12.1 Å². The molecule has 174 valence electrons. The van der Waals surface area contributed by atoms with E-state index in [4.69, 9.17) is 9.47 Å². The van der Waals surface area contributed by atoms with Gasteiger partial charge in [-0.05, 0) is 66.9 Å². The zero-order valence-corrected chi connectivity index (χ0v) is 19.0. The van der Waals surface area contributed by atoms with E-state index < -0.39 is 5.60 Å². The largest absolute Gasteiger partial charge is 0.490 e. The second-order valence-corrected chi connectivity index (χ2v) is 8.78. The minimum absolute atomic E-state index is 0.0877. The summed E-state index contributed by atoms with van der Waals surface area (Å²) in [5.74, 6) is 1.18. The molecular formula is C28H32FNO3. The zero-order chi connectivity index (χ0) is 23.1. The highest BCUT2D eigenvalue weighted by molar-refractivity contribution is 5.32. The number of piperidine rings is 1. The van der Waals surface area contributed by atoms with Crippen molar-refractivity contribution in [3.63, 3.8) is 0 Å². The Morgan fingerprint density at radius 1 is 0.970 bits per heavy atom. The highest BCUT2D eigenvalue weighted by Gasteiger charge is 2.43. The molecule has 5 heteroatoms. The Balaban J connectivity index is 1.41. The molecule has 4 nitrogen and oxygen atoms in total. The first-order chi connectivity index (χ1) is 16.1. The standard InChI is InChI=1S/C28H32FNO3/c1-2-27(26-19-30-17-16-28(26,31)18-21-8-10-23(29)11-9-21)33-25-14-12-24(13-15-25)32-20-22-6-4-3-5-7-22/h3-15,26-27,30-31H,2,16-20H2,1H3. The molecule has 4 rings (SSSR count). The topological polar surface area (TPSA) is 50.7 Å². The summed E-state index contributed by atoms with van der Waals surface area (Å²) in [5.41, 5.74) is 1.14. The van der Waals surface area contributed by atoms with Gasteiger partial charge in [-0.25, -0.2) is 4.39 Å². The number of halogens is 1. The highest BCUT2D eigenvalue weighted by Crippen LogP contribution is 2.34. The summed E-state index contributed by atoms with van der Waals surface area (Å²) in [5, 5.41) is 15.0. The van der Waals surface area contributed by atoms with E-state index in [0.29, 0.717) is 26.0 Å². The van der Waals surface area contributed by atoms with Crippen molar-refractivity contribution in [3.8, 4) is 11.5 Å². The second kappa shape index (κ2) is 10.8. The molecule has 0 radical (unpaired) electrons. The van der Waals surface area contributed by atoms with Crippen molar-refractivity contribution in [2.24, 2.45) is 5.92 Å². The van der Waals surface area contributed by atoms with E-state index in [-0.39, 0.29) is 17.8 Å². The Morgan fingerprint density at radius 3 is 2.36 bits per heavy atom. The third kappa shape index (κ3) is 6.12. The summed E-state index contributed by atoms with van der Waals surface area (Å²) in [7, 11) is 0. The molecule has 0 amide bonds. The van der Waals surface area contributed by atoms with E-state index in [2.05, 4.69) is 12.2 Å². The van der Waals surface area contributed by atoms with Crippen LogP contribution in [0.3, 0.4) is 0 Å². The van der Waals surface area contributed by atoms with Gasteiger partial charge in [-0.2, -0.15) is 0 Å². The van der Waals surface area contributed by atoms with Gasteiger partial charge in [0, 0.05) is 18.9 Å². The van der Waals surface area contributed by atoms with Crippen LogP contribution in [0, 0.1) is 11.7 Å². The fourth-order valence-electron chi connectivity index (χ4n) is 4.57. The van der Waals surface area contributed by atoms with Gasteiger partial charge in [-0.15, -0.1) is 0 Å². The number of hydrogen-bond donors (Lipinski definition) is 2. The highest BCUT2D eigenvalue weighted by atomic mass is 19.1. The fourth-order valence-corrected chi connectivity index (χ4v) is 4.57. The Hall–Kier alpha value is -2.89. The van der Waals surface area contributed by atoms with Crippen LogP contribution in [0.25, 0.3) is 0 Å². The van der Waals surface area contributed by atoms with Gasteiger partial charge in [-0.1, -0.05) is 49.4 Å². The molecule has 3 aromatic carbocycles. The lowest BCUT2D eigenvalue weighted by Crippen LogP contribution is -2.57. The first kappa shape index (κ1) is 23.3. The molecule has 0 saturated carbocycles. The molecule has 1 heterocycles. The summed E-state index contributed by atoms with van der Waals surface area (Å²) in [4.78, 5) is 0. The molecule has 3 unspecified atom stereocenters. The van der Waals surface area contributed by atoms with E-state index >= 15 is 0 Å². The molecule has 3 aromatic rings. The van der Waals surface area contributed by atoms with Crippen LogP contribution < -0.4 is 14.8 Å². The number of ether oxygens (including phenoxy) is 2. The van der Waals surface area contributed by atoms with Crippen LogP contribution in [0.1, 0.15) is 30.9 Å². The summed E-state index contributed by atoms with van der Waals surface area (Å²) >= 11 is 0. The van der Waals surface area contributed by atoms with Crippen LogP contribution in [0.15, 0.2) is 78.9 Å².